The van der Waals surface area contributed by atoms with Crippen LogP contribution in [0, 0.1) is 0 Å². The minimum Gasteiger partial charge on any atom is -0.343 e. The standard InChI is InChI=1S/C13H21N5O/c1-16(2)13(19)12-10-11(4-5-14-12)15-18-8-6-17(3)7-9-18/h4-5,10H,6-9H2,1-3H3,(H,14,15). The normalized spacial score (nSPS) is 17.2. The molecule has 0 bridgehead atoms. The van der Waals surface area contributed by atoms with Crippen molar-refractivity contribution >= 4 is 11.6 Å². The van der Waals surface area contributed by atoms with Gasteiger partial charge in [-0.25, -0.2) is 5.01 Å². The maximum atomic E-state index is 11.8. The highest BCUT2D eigenvalue weighted by atomic mass is 16.2. The average Bonchev–Trinajstić information content (AvgIpc) is 2.41. The fourth-order valence-corrected chi connectivity index (χ4v) is 1.95. The number of carbonyl (C=O) groups excluding carboxylic acids is 1. The molecule has 1 N–H and O–H groups in total. The Morgan fingerprint density at radius 3 is 2.63 bits per heavy atom. The van der Waals surface area contributed by atoms with E-state index in [1.54, 1.807) is 26.4 Å². The summed E-state index contributed by atoms with van der Waals surface area (Å²) in [6.45, 7) is 4.02. The molecule has 0 atom stereocenters. The molecule has 0 unspecified atom stereocenters. The Balaban J connectivity index is 2.01. The van der Waals surface area contributed by atoms with Gasteiger partial charge in [0.25, 0.3) is 5.91 Å². The van der Waals surface area contributed by atoms with E-state index in [4.69, 9.17) is 0 Å². The second-order valence-electron chi connectivity index (χ2n) is 5.03. The maximum Gasteiger partial charge on any atom is 0.272 e. The third-order valence-electron chi connectivity index (χ3n) is 3.18. The fraction of sp³-hybridized carbons (Fsp3) is 0.538. The zero-order valence-corrected chi connectivity index (χ0v) is 11.8. The summed E-state index contributed by atoms with van der Waals surface area (Å²) in [7, 11) is 5.58. The van der Waals surface area contributed by atoms with E-state index in [1.807, 2.05) is 6.07 Å². The molecular formula is C13H21N5O. The monoisotopic (exact) mass is 263 g/mol. The van der Waals surface area contributed by atoms with Crippen molar-refractivity contribution < 1.29 is 4.79 Å². The number of rotatable bonds is 3. The number of likely N-dealkylation sites (N-methyl/N-ethyl adjacent to an activating group) is 1. The summed E-state index contributed by atoms with van der Waals surface area (Å²) in [5, 5.41) is 2.17. The Kier molecular flexibility index (Phi) is 4.34. The molecule has 1 aromatic heterocycles. The van der Waals surface area contributed by atoms with Crippen molar-refractivity contribution in [1.82, 2.24) is 19.8 Å². The van der Waals surface area contributed by atoms with Gasteiger partial charge in [0, 0.05) is 46.5 Å². The Bertz CT molecular complexity index is 440. The number of nitrogens with one attached hydrogen (secondary N) is 1. The van der Waals surface area contributed by atoms with E-state index in [0.29, 0.717) is 5.69 Å². The molecule has 6 nitrogen and oxygen atoms in total. The Labute approximate surface area is 114 Å². The Morgan fingerprint density at radius 1 is 1.32 bits per heavy atom. The van der Waals surface area contributed by atoms with Crippen LogP contribution >= 0.6 is 0 Å². The number of hydrazine groups is 1. The van der Waals surface area contributed by atoms with Gasteiger partial charge < -0.3 is 15.2 Å². The van der Waals surface area contributed by atoms with Crippen molar-refractivity contribution in [3.63, 3.8) is 0 Å². The van der Waals surface area contributed by atoms with Gasteiger partial charge >= 0.3 is 0 Å². The van der Waals surface area contributed by atoms with Gasteiger partial charge in [-0.05, 0) is 19.2 Å². The predicted octanol–water partition coefficient (Wildman–Crippen LogP) is 0.358. The first kappa shape index (κ1) is 13.8. The third kappa shape index (κ3) is 3.65. The Morgan fingerprint density at radius 2 is 2.00 bits per heavy atom. The van der Waals surface area contributed by atoms with Gasteiger partial charge in [0.1, 0.15) is 5.69 Å². The van der Waals surface area contributed by atoms with Crippen molar-refractivity contribution in [1.29, 1.82) is 0 Å². The van der Waals surface area contributed by atoms with E-state index in [0.717, 1.165) is 31.9 Å². The molecule has 1 fully saturated rings. The summed E-state index contributed by atoms with van der Waals surface area (Å²) < 4.78 is 0. The summed E-state index contributed by atoms with van der Waals surface area (Å²) in [6, 6.07) is 3.67. The molecule has 1 saturated heterocycles. The van der Waals surface area contributed by atoms with Gasteiger partial charge in [-0.3, -0.25) is 9.78 Å². The van der Waals surface area contributed by atoms with E-state index in [1.165, 1.54) is 4.90 Å². The molecule has 2 heterocycles. The highest BCUT2D eigenvalue weighted by molar-refractivity contribution is 5.92. The summed E-state index contributed by atoms with van der Waals surface area (Å²) in [4.78, 5) is 19.8. The van der Waals surface area contributed by atoms with Crippen molar-refractivity contribution in [2.24, 2.45) is 0 Å². The molecule has 104 valence electrons. The van der Waals surface area contributed by atoms with Crippen molar-refractivity contribution in [2.45, 2.75) is 0 Å². The highest BCUT2D eigenvalue weighted by Gasteiger charge is 2.15. The van der Waals surface area contributed by atoms with Gasteiger partial charge in [0.2, 0.25) is 0 Å². The molecule has 1 aliphatic heterocycles. The van der Waals surface area contributed by atoms with E-state index in [-0.39, 0.29) is 5.91 Å². The van der Waals surface area contributed by atoms with E-state index < -0.39 is 0 Å². The summed E-state index contributed by atoms with van der Waals surface area (Å²) in [5.41, 5.74) is 4.70. The SMILES string of the molecule is CN1CCN(Nc2ccnc(C(=O)N(C)C)c2)CC1. The third-order valence-corrected chi connectivity index (χ3v) is 3.18. The van der Waals surface area contributed by atoms with Crippen molar-refractivity contribution in [2.75, 3.05) is 52.7 Å². The molecule has 0 aromatic carbocycles. The zero-order valence-electron chi connectivity index (χ0n) is 11.8. The quantitative estimate of drug-likeness (QED) is 0.853. The van der Waals surface area contributed by atoms with E-state index in [9.17, 15) is 4.79 Å². The number of pyridine rings is 1. The van der Waals surface area contributed by atoms with Gasteiger partial charge in [0.05, 0.1) is 5.69 Å². The van der Waals surface area contributed by atoms with Crippen LogP contribution in [0.5, 0.6) is 0 Å². The molecule has 0 aliphatic carbocycles. The van der Waals surface area contributed by atoms with Gasteiger partial charge in [-0.2, -0.15) is 0 Å². The molecule has 1 aliphatic rings. The largest absolute Gasteiger partial charge is 0.343 e. The molecule has 2 rings (SSSR count). The van der Waals surface area contributed by atoms with Crippen LogP contribution in [0.25, 0.3) is 0 Å². The smallest absolute Gasteiger partial charge is 0.272 e. The van der Waals surface area contributed by atoms with Crippen LogP contribution in [0.4, 0.5) is 5.69 Å². The second kappa shape index (κ2) is 5.99. The number of amides is 1. The van der Waals surface area contributed by atoms with Crippen LogP contribution in [0.3, 0.4) is 0 Å². The van der Waals surface area contributed by atoms with Gasteiger partial charge in [-0.1, -0.05) is 0 Å². The lowest BCUT2D eigenvalue weighted by Crippen LogP contribution is -2.46. The van der Waals surface area contributed by atoms with Gasteiger partial charge in [0.15, 0.2) is 0 Å². The van der Waals surface area contributed by atoms with Crippen LogP contribution in [-0.4, -0.2) is 73.0 Å². The van der Waals surface area contributed by atoms with E-state index >= 15 is 0 Å². The molecule has 6 heteroatoms. The maximum absolute atomic E-state index is 11.8. The lowest BCUT2D eigenvalue weighted by molar-refractivity contribution is 0.0822. The van der Waals surface area contributed by atoms with Crippen LogP contribution < -0.4 is 5.43 Å². The molecule has 1 aromatic rings. The Hall–Kier alpha value is -1.66. The first-order valence-corrected chi connectivity index (χ1v) is 6.44. The average molecular weight is 263 g/mol. The number of carbonyl (C=O) groups is 1. The number of nitrogens with zero attached hydrogens (tertiary/aromatic N) is 4. The zero-order chi connectivity index (χ0) is 13.8. The predicted molar refractivity (Wildman–Crippen MR) is 74.9 cm³/mol. The summed E-state index contributed by atoms with van der Waals surface area (Å²) in [5.74, 6) is -0.0815. The molecule has 1 amide bonds. The molecule has 0 radical (unpaired) electrons. The fourth-order valence-electron chi connectivity index (χ4n) is 1.95. The first-order valence-electron chi connectivity index (χ1n) is 6.44. The van der Waals surface area contributed by atoms with Crippen LogP contribution in [-0.2, 0) is 0 Å². The number of piperazine rings is 1. The molecule has 0 spiro atoms. The van der Waals surface area contributed by atoms with Crippen LogP contribution in [0.1, 0.15) is 10.5 Å². The topological polar surface area (TPSA) is 51.7 Å². The number of aromatic nitrogens is 1. The summed E-state index contributed by atoms with van der Waals surface area (Å²) >= 11 is 0. The molecular weight excluding hydrogens is 242 g/mol. The lowest BCUT2D eigenvalue weighted by atomic mass is 10.3. The van der Waals surface area contributed by atoms with E-state index in [2.05, 4.69) is 27.4 Å². The highest BCUT2D eigenvalue weighted by Crippen LogP contribution is 2.11. The number of anilines is 1. The number of hydrogen-bond donors (Lipinski definition) is 1. The number of hydrogen-bond acceptors (Lipinski definition) is 5. The minimum absolute atomic E-state index is 0.0815. The van der Waals surface area contributed by atoms with Crippen LogP contribution in [0.2, 0.25) is 0 Å². The summed E-state index contributed by atoms with van der Waals surface area (Å²) in [6.07, 6.45) is 1.66. The first-order chi connectivity index (χ1) is 9.06. The minimum atomic E-state index is -0.0815. The lowest BCUT2D eigenvalue weighted by Gasteiger charge is -2.33. The molecule has 19 heavy (non-hydrogen) atoms. The molecule has 0 saturated carbocycles. The second-order valence-corrected chi connectivity index (χ2v) is 5.03. The van der Waals surface area contributed by atoms with Crippen molar-refractivity contribution in [3.05, 3.63) is 24.0 Å². The van der Waals surface area contributed by atoms with Crippen molar-refractivity contribution in [3.8, 4) is 0 Å². The van der Waals surface area contributed by atoms with Gasteiger partial charge in [-0.15, -0.1) is 0 Å². The van der Waals surface area contributed by atoms with Crippen LogP contribution in [0.15, 0.2) is 18.3 Å².